The van der Waals surface area contributed by atoms with Crippen LogP contribution >= 0.6 is 0 Å². The molecular weight excluding hydrogens is 422 g/mol. The molecule has 1 unspecified atom stereocenters. The van der Waals surface area contributed by atoms with Gasteiger partial charge in [0.25, 0.3) is 5.91 Å². The van der Waals surface area contributed by atoms with Crippen molar-refractivity contribution >= 4 is 18.9 Å². The fourth-order valence-corrected chi connectivity index (χ4v) is 3.47. The molecule has 6 nitrogen and oxygen atoms in total. The summed E-state index contributed by atoms with van der Waals surface area (Å²) in [6.45, 7) is 1.94. The lowest BCUT2D eigenvalue weighted by molar-refractivity contribution is -0.122. The first-order valence-electron chi connectivity index (χ1n) is 10.6. The van der Waals surface area contributed by atoms with Gasteiger partial charge in [-0.05, 0) is 48.7 Å². The van der Waals surface area contributed by atoms with Crippen molar-refractivity contribution < 1.29 is 24.0 Å². The number of halogens is 1. The van der Waals surface area contributed by atoms with E-state index in [1.165, 1.54) is 18.2 Å². The molecule has 2 amide bonds. The Kier molecular flexibility index (Phi) is 8.35. The Bertz CT molecular complexity index is 1080. The predicted octanol–water partition coefficient (Wildman–Crippen LogP) is 2.73. The first-order valence-corrected chi connectivity index (χ1v) is 10.6. The molecule has 2 atom stereocenters. The highest BCUT2D eigenvalue weighted by Gasteiger charge is 2.27. The van der Waals surface area contributed by atoms with Crippen LogP contribution in [0.15, 0.2) is 78.9 Å². The molecule has 3 rings (SSSR count). The molecule has 0 heterocycles. The average molecular weight is 448 g/mol. The van der Waals surface area contributed by atoms with E-state index in [-0.39, 0.29) is 12.8 Å². The maximum atomic E-state index is 13.8. The van der Waals surface area contributed by atoms with Crippen LogP contribution in [0.2, 0.25) is 0 Å². The van der Waals surface area contributed by atoms with E-state index in [0.29, 0.717) is 11.1 Å². The fraction of sp³-hybridized carbons (Fsp3) is 0.200. The number of nitrogens with one attached hydrogen (secondary N) is 2. The zero-order valence-corrected chi connectivity index (χ0v) is 18.2. The molecule has 0 saturated carbocycles. The van der Waals surface area contributed by atoms with Gasteiger partial charge in [0.05, 0.1) is 18.4 Å². The molecule has 0 bridgehead atoms. The quantitative estimate of drug-likeness (QED) is 0.379. The van der Waals surface area contributed by atoms with Gasteiger partial charge < -0.3 is 20.7 Å². The number of carbonyl (C=O) groups excluding carboxylic acids is 2. The number of rotatable bonds is 9. The van der Waals surface area contributed by atoms with Gasteiger partial charge in [-0.1, -0.05) is 60.2 Å². The van der Waals surface area contributed by atoms with Crippen molar-refractivity contribution in [3.63, 3.8) is 0 Å². The number of hydrogen-bond acceptors (Lipinski definition) is 4. The van der Waals surface area contributed by atoms with Gasteiger partial charge in [-0.2, -0.15) is 0 Å². The van der Waals surface area contributed by atoms with Crippen molar-refractivity contribution in [3.8, 4) is 0 Å². The Labute approximate surface area is 192 Å². The molecule has 0 saturated heterocycles. The predicted molar refractivity (Wildman–Crippen MR) is 125 cm³/mol. The molecule has 0 spiro atoms. The third-order valence-corrected chi connectivity index (χ3v) is 5.26. The van der Waals surface area contributed by atoms with E-state index in [1.807, 2.05) is 31.2 Å². The first-order chi connectivity index (χ1) is 15.8. The summed E-state index contributed by atoms with van der Waals surface area (Å²) in [5.74, 6) is -2.35. The minimum Gasteiger partial charge on any atom is -0.426 e. The minimum atomic E-state index is -1.78. The van der Waals surface area contributed by atoms with Crippen LogP contribution in [-0.4, -0.2) is 34.9 Å². The molecule has 4 N–H and O–H groups in total. The summed E-state index contributed by atoms with van der Waals surface area (Å²) in [5, 5.41) is 25.0. The fourth-order valence-electron chi connectivity index (χ4n) is 3.47. The largest absolute Gasteiger partial charge is 0.475 e. The van der Waals surface area contributed by atoms with Crippen LogP contribution in [0.4, 0.5) is 4.39 Å². The van der Waals surface area contributed by atoms with Crippen LogP contribution in [-0.2, 0) is 11.2 Å². The molecule has 0 fully saturated rings. The number of aryl methyl sites for hydroxylation is 1. The molecule has 0 aromatic heterocycles. The number of amides is 2. The molecule has 0 aliphatic carbocycles. The minimum absolute atomic E-state index is 0.209. The smallest absolute Gasteiger partial charge is 0.426 e. The molecule has 0 aliphatic heterocycles. The van der Waals surface area contributed by atoms with Gasteiger partial charge in [-0.3, -0.25) is 9.59 Å². The van der Waals surface area contributed by atoms with E-state index in [9.17, 15) is 24.0 Å². The molecule has 170 valence electrons. The lowest BCUT2D eigenvalue weighted by atomic mass is 9.75. The standard InChI is InChI=1S/C25H26BFN2O4/c1-17-10-12-18(13-11-17)14-23(26(32)33)29-24(30)16-22(20-8-5-9-21(27)15-20)28-25(31)19-6-3-2-4-7-19/h2-13,15,22-23,32-33H,14,16H2,1H3,(H,28,31)(H,29,30)/t22?,23-/m0/s1. The van der Waals surface area contributed by atoms with Crippen molar-refractivity contribution in [1.29, 1.82) is 0 Å². The van der Waals surface area contributed by atoms with E-state index in [0.717, 1.165) is 11.1 Å². The zero-order valence-electron chi connectivity index (χ0n) is 18.2. The zero-order chi connectivity index (χ0) is 23.8. The van der Waals surface area contributed by atoms with Crippen molar-refractivity contribution in [3.05, 3.63) is 107 Å². The lowest BCUT2D eigenvalue weighted by Gasteiger charge is -2.22. The maximum Gasteiger partial charge on any atom is 0.475 e. The van der Waals surface area contributed by atoms with Crippen molar-refractivity contribution in [2.24, 2.45) is 0 Å². The van der Waals surface area contributed by atoms with Gasteiger partial charge >= 0.3 is 7.12 Å². The monoisotopic (exact) mass is 448 g/mol. The number of hydrogen-bond donors (Lipinski definition) is 4. The summed E-state index contributed by atoms with van der Waals surface area (Å²) in [6, 6.07) is 20.8. The lowest BCUT2D eigenvalue weighted by Crippen LogP contribution is -2.48. The molecule has 0 aliphatic rings. The van der Waals surface area contributed by atoms with Crippen LogP contribution in [0.5, 0.6) is 0 Å². The maximum absolute atomic E-state index is 13.8. The SMILES string of the molecule is Cc1ccc(C[C@H](NC(=O)CC(NC(=O)c2ccccc2)c2cccc(F)c2)B(O)O)cc1. The third-order valence-electron chi connectivity index (χ3n) is 5.26. The van der Waals surface area contributed by atoms with Gasteiger partial charge in [0.15, 0.2) is 0 Å². The molecular formula is C25H26BFN2O4. The topological polar surface area (TPSA) is 98.7 Å². The Morgan fingerprint density at radius 3 is 2.27 bits per heavy atom. The van der Waals surface area contributed by atoms with Crippen LogP contribution in [0, 0.1) is 12.7 Å². The second kappa shape index (κ2) is 11.4. The van der Waals surface area contributed by atoms with Crippen molar-refractivity contribution in [2.45, 2.75) is 31.7 Å². The summed E-state index contributed by atoms with van der Waals surface area (Å²) in [6.07, 6.45) is 0.00381. The van der Waals surface area contributed by atoms with Gasteiger partial charge in [-0.25, -0.2) is 4.39 Å². The summed E-state index contributed by atoms with van der Waals surface area (Å²) in [5.41, 5.74) is 2.73. The van der Waals surface area contributed by atoms with E-state index in [2.05, 4.69) is 10.6 Å². The summed E-state index contributed by atoms with van der Waals surface area (Å²) in [7, 11) is -1.78. The highest BCUT2D eigenvalue weighted by molar-refractivity contribution is 6.43. The van der Waals surface area contributed by atoms with Gasteiger partial charge in [0, 0.05) is 5.56 Å². The summed E-state index contributed by atoms with van der Waals surface area (Å²) >= 11 is 0. The van der Waals surface area contributed by atoms with Gasteiger partial charge in [0.1, 0.15) is 5.82 Å². The van der Waals surface area contributed by atoms with Crippen molar-refractivity contribution in [2.75, 3.05) is 0 Å². The third kappa shape index (κ3) is 7.27. The van der Waals surface area contributed by atoms with Gasteiger partial charge in [0.2, 0.25) is 5.91 Å². The number of carbonyl (C=O) groups is 2. The Morgan fingerprint density at radius 2 is 1.64 bits per heavy atom. The van der Waals surface area contributed by atoms with Crippen molar-refractivity contribution in [1.82, 2.24) is 10.6 Å². The summed E-state index contributed by atoms with van der Waals surface area (Å²) < 4.78 is 13.8. The van der Waals surface area contributed by atoms with E-state index >= 15 is 0 Å². The van der Waals surface area contributed by atoms with Gasteiger partial charge in [-0.15, -0.1) is 0 Å². The molecule has 0 radical (unpaired) electrons. The van der Waals surface area contributed by atoms with E-state index in [4.69, 9.17) is 0 Å². The van der Waals surface area contributed by atoms with E-state index < -0.39 is 36.7 Å². The average Bonchev–Trinajstić information content (AvgIpc) is 2.80. The van der Waals surface area contributed by atoms with Crippen LogP contribution in [0.3, 0.4) is 0 Å². The molecule has 33 heavy (non-hydrogen) atoms. The highest BCUT2D eigenvalue weighted by atomic mass is 19.1. The first kappa shape index (κ1) is 24.2. The van der Waals surface area contributed by atoms with Crippen LogP contribution in [0.1, 0.15) is 39.5 Å². The Balaban J connectivity index is 1.73. The summed E-state index contributed by atoms with van der Waals surface area (Å²) in [4.78, 5) is 25.5. The van der Waals surface area contributed by atoms with Crippen LogP contribution < -0.4 is 10.6 Å². The normalized spacial score (nSPS) is 12.5. The second-order valence-electron chi connectivity index (χ2n) is 7.93. The highest BCUT2D eigenvalue weighted by Crippen LogP contribution is 2.19. The van der Waals surface area contributed by atoms with E-state index in [1.54, 1.807) is 36.4 Å². The Hall–Kier alpha value is -3.49. The molecule has 3 aromatic rings. The Morgan fingerprint density at radius 1 is 0.939 bits per heavy atom. The molecule has 3 aromatic carbocycles. The second-order valence-corrected chi connectivity index (χ2v) is 7.93. The number of benzene rings is 3. The van der Waals surface area contributed by atoms with Crippen LogP contribution in [0.25, 0.3) is 0 Å². The molecule has 8 heteroatoms.